The molecule has 0 aromatic heterocycles. The smallest absolute Gasteiger partial charge is 0.231 e. The van der Waals surface area contributed by atoms with Gasteiger partial charge in [0.1, 0.15) is 0 Å². The predicted octanol–water partition coefficient (Wildman–Crippen LogP) is 4.21. The van der Waals surface area contributed by atoms with E-state index in [1.807, 2.05) is 6.92 Å². The van der Waals surface area contributed by atoms with Crippen LogP contribution < -0.4 is 9.47 Å². The minimum absolute atomic E-state index is 0.307. The van der Waals surface area contributed by atoms with Crippen molar-refractivity contribution in [3.05, 3.63) is 28.8 Å². The molecule has 19 heavy (non-hydrogen) atoms. The highest BCUT2D eigenvalue weighted by atomic mass is 16.7. The first-order valence-corrected chi connectivity index (χ1v) is 7.23. The van der Waals surface area contributed by atoms with Gasteiger partial charge in [0, 0.05) is 11.1 Å². The van der Waals surface area contributed by atoms with Crippen LogP contribution in [0.1, 0.15) is 56.4 Å². The van der Waals surface area contributed by atoms with E-state index in [4.69, 9.17) is 16.1 Å². The molecule has 2 heteroatoms. The van der Waals surface area contributed by atoms with Gasteiger partial charge in [-0.3, -0.25) is 0 Å². The van der Waals surface area contributed by atoms with Crippen molar-refractivity contribution in [3.63, 3.8) is 0 Å². The molecule has 0 atom stereocenters. The molecule has 2 radical (unpaired) electrons. The molecule has 102 valence electrons. The summed E-state index contributed by atoms with van der Waals surface area (Å²) in [6.07, 6.45) is 3.48. The Morgan fingerprint density at radius 2 is 1.42 bits per heavy atom. The third kappa shape index (κ3) is 2.13. The first-order chi connectivity index (χ1) is 9.19. The van der Waals surface area contributed by atoms with E-state index in [-0.39, 0.29) is 0 Å². The van der Waals surface area contributed by atoms with Gasteiger partial charge in [0.15, 0.2) is 11.5 Å². The van der Waals surface area contributed by atoms with Gasteiger partial charge in [-0.1, -0.05) is 27.7 Å². The van der Waals surface area contributed by atoms with Crippen LogP contribution in [0.15, 0.2) is 0 Å². The quantitative estimate of drug-likeness (QED) is 0.787. The van der Waals surface area contributed by atoms with E-state index < -0.39 is 0 Å². The third-order valence-corrected chi connectivity index (χ3v) is 3.84. The highest BCUT2D eigenvalue weighted by Gasteiger charge is 2.27. The maximum absolute atomic E-state index is 8.30. The topological polar surface area (TPSA) is 18.5 Å². The zero-order valence-electron chi connectivity index (χ0n) is 12.4. The Balaban J connectivity index is 2.79. The molecule has 0 aliphatic carbocycles. The minimum Gasteiger partial charge on any atom is -0.453 e. The monoisotopic (exact) mass is 258 g/mol. The van der Waals surface area contributed by atoms with Gasteiger partial charge in [-0.15, -0.1) is 0 Å². The van der Waals surface area contributed by atoms with Gasteiger partial charge in [-0.2, -0.15) is 0 Å². The van der Waals surface area contributed by atoms with Gasteiger partial charge in [0.25, 0.3) is 0 Å². The molecule has 0 bridgehead atoms. The fourth-order valence-corrected chi connectivity index (χ4v) is 2.95. The third-order valence-electron chi connectivity index (χ3n) is 3.84. The summed E-state index contributed by atoms with van der Waals surface area (Å²) in [5.74, 6) is 1.80. The number of ether oxygens (including phenoxy) is 2. The Bertz CT molecular complexity index is 501. The lowest BCUT2D eigenvalue weighted by atomic mass is 9.86. The molecule has 0 N–H and O–H groups in total. The summed E-state index contributed by atoms with van der Waals surface area (Å²) < 4.78 is 11.4. The second-order valence-electron chi connectivity index (χ2n) is 4.77. The molecule has 1 aromatic carbocycles. The predicted molar refractivity (Wildman–Crippen MR) is 77.6 cm³/mol. The lowest BCUT2D eigenvalue weighted by Gasteiger charge is -2.20. The SMILES string of the molecule is [C]=C(CC)c1c(CC)c(CC)c2c(c1CC)OCO2. The van der Waals surface area contributed by atoms with Gasteiger partial charge < -0.3 is 9.47 Å². The van der Waals surface area contributed by atoms with E-state index in [0.717, 1.165) is 48.3 Å². The second kappa shape index (κ2) is 5.68. The van der Waals surface area contributed by atoms with Crippen LogP contribution in [0, 0.1) is 6.58 Å². The Morgan fingerprint density at radius 3 is 1.89 bits per heavy atom. The number of allylic oxidation sites excluding steroid dienone is 1. The lowest BCUT2D eigenvalue weighted by molar-refractivity contribution is 0.172. The van der Waals surface area contributed by atoms with E-state index >= 15 is 0 Å². The maximum atomic E-state index is 8.30. The van der Waals surface area contributed by atoms with E-state index in [9.17, 15) is 0 Å². The highest BCUT2D eigenvalue weighted by molar-refractivity contribution is 5.75. The normalized spacial score (nSPS) is 12.8. The number of hydrogen-bond acceptors (Lipinski definition) is 2. The summed E-state index contributed by atoms with van der Waals surface area (Å²) in [5.41, 5.74) is 5.46. The number of fused-ring (bicyclic) bond motifs is 1. The Morgan fingerprint density at radius 1 is 0.895 bits per heavy atom. The van der Waals surface area contributed by atoms with E-state index in [1.165, 1.54) is 11.1 Å². The fourth-order valence-electron chi connectivity index (χ4n) is 2.95. The van der Waals surface area contributed by atoms with Crippen LogP contribution >= 0.6 is 0 Å². The van der Waals surface area contributed by atoms with E-state index in [2.05, 4.69) is 20.8 Å². The Hall–Kier alpha value is -1.44. The molecule has 0 spiro atoms. The van der Waals surface area contributed by atoms with Crippen molar-refractivity contribution in [1.82, 2.24) is 0 Å². The largest absolute Gasteiger partial charge is 0.453 e. The summed E-state index contributed by atoms with van der Waals surface area (Å²) in [6, 6.07) is 0. The van der Waals surface area contributed by atoms with Crippen LogP contribution in [-0.2, 0) is 19.3 Å². The summed E-state index contributed by atoms with van der Waals surface area (Å²) in [6.45, 7) is 17.1. The van der Waals surface area contributed by atoms with Crippen LogP contribution in [-0.4, -0.2) is 6.79 Å². The minimum atomic E-state index is 0.307. The van der Waals surface area contributed by atoms with Crippen LogP contribution in [0.2, 0.25) is 0 Å². The lowest BCUT2D eigenvalue weighted by Crippen LogP contribution is -2.04. The molecule has 0 unspecified atom stereocenters. The van der Waals surface area contributed by atoms with Crippen molar-refractivity contribution in [2.75, 3.05) is 6.79 Å². The summed E-state index contributed by atoms with van der Waals surface area (Å²) in [4.78, 5) is 0. The molecule has 0 saturated carbocycles. The van der Waals surface area contributed by atoms with Gasteiger partial charge in [0.2, 0.25) is 6.79 Å². The molecular formula is C17H22O2. The molecule has 1 heterocycles. The van der Waals surface area contributed by atoms with Crippen molar-refractivity contribution < 1.29 is 9.47 Å². The molecule has 2 rings (SSSR count). The van der Waals surface area contributed by atoms with Gasteiger partial charge in [0.05, 0.1) is 0 Å². The van der Waals surface area contributed by atoms with Crippen LogP contribution in [0.4, 0.5) is 0 Å². The maximum Gasteiger partial charge on any atom is 0.231 e. The fraction of sp³-hybridized carbons (Fsp3) is 0.529. The molecule has 1 aliphatic rings. The Kier molecular flexibility index (Phi) is 4.18. The first kappa shape index (κ1) is 14.0. The number of hydrogen-bond donors (Lipinski definition) is 0. The van der Waals surface area contributed by atoms with Gasteiger partial charge in [-0.25, -0.2) is 0 Å². The molecule has 0 fully saturated rings. The van der Waals surface area contributed by atoms with E-state index in [1.54, 1.807) is 0 Å². The van der Waals surface area contributed by atoms with Crippen molar-refractivity contribution in [2.24, 2.45) is 0 Å². The summed E-state index contributed by atoms with van der Waals surface area (Å²) >= 11 is 0. The molecule has 2 nitrogen and oxygen atoms in total. The Labute approximate surface area is 116 Å². The first-order valence-electron chi connectivity index (χ1n) is 7.23. The number of benzene rings is 1. The van der Waals surface area contributed by atoms with Crippen molar-refractivity contribution in [2.45, 2.75) is 53.4 Å². The van der Waals surface area contributed by atoms with Crippen LogP contribution in [0.5, 0.6) is 11.5 Å². The van der Waals surface area contributed by atoms with Crippen molar-refractivity contribution in [1.29, 1.82) is 0 Å². The average molecular weight is 258 g/mol. The van der Waals surface area contributed by atoms with Crippen molar-refractivity contribution in [3.8, 4) is 11.5 Å². The molecule has 0 saturated heterocycles. The van der Waals surface area contributed by atoms with Gasteiger partial charge >= 0.3 is 0 Å². The molecular weight excluding hydrogens is 236 g/mol. The number of rotatable bonds is 5. The second-order valence-corrected chi connectivity index (χ2v) is 4.77. The van der Waals surface area contributed by atoms with Crippen LogP contribution in [0.25, 0.3) is 5.57 Å². The summed E-state index contributed by atoms with van der Waals surface area (Å²) in [5, 5.41) is 0. The zero-order chi connectivity index (χ0) is 14.0. The van der Waals surface area contributed by atoms with Crippen molar-refractivity contribution >= 4 is 5.57 Å². The molecule has 0 amide bonds. The molecule has 1 aromatic rings. The standard InChI is InChI=1S/C17H22O2/c1-6-11(5)15-12(7-2)13(8-3)16-17(14(15)9-4)19-10-18-16/h6-10H2,1-4H3. The van der Waals surface area contributed by atoms with Crippen LogP contribution in [0.3, 0.4) is 0 Å². The molecule has 1 aliphatic heterocycles. The van der Waals surface area contributed by atoms with Gasteiger partial charge in [-0.05, 0) is 49.0 Å². The zero-order valence-corrected chi connectivity index (χ0v) is 12.4. The summed E-state index contributed by atoms with van der Waals surface area (Å²) in [7, 11) is 0. The van der Waals surface area contributed by atoms with E-state index in [0.29, 0.717) is 12.4 Å². The average Bonchev–Trinajstić information content (AvgIpc) is 2.92. The highest BCUT2D eigenvalue weighted by Crippen LogP contribution is 2.46.